The number of halogens is 1. The Kier molecular flexibility index (Phi) is 5.42. The Morgan fingerprint density at radius 1 is 1.42 bits per heavy atom. The van der Waals surface area contributed by atoms with Crippen molar-refractivity contribution in [1.29, 1.82) is 0 Å². The van der Waals surface area contributed by atoms with E-state index < -0.39 is 5.82 Å². The summed E-state index contributed by atoms with van der Waals surface area (Å²) in [6.45, 7) is 6.02. The summed E-state index contributed by atoms with van der Waals surface area (Å²) in [5.74, 6) is -0.602. The summed E-state index contributed by atoms with van der Waals surface area (Å²) in [7, 11) is 0. The lowest BCUT2D eigenvalue weighted by Crippen LogP contribution is -2.39. The predicted molar refractivity (Wildman–Crippen MR) is 78.7 cm³/mol. The summed E-state index contributed by atoms with van der Waals surface area (Å²) in [6.07, 6.45) is 0.466. The van der Waals surface area contributed by atoms with Crippen LogP contribution in [-0.2, 0) is 0 Å². The first-order valence-electron chi connectivity index (χ1n) is 6.17. The van der Waals surface area contributed by atoms with Gasteiger partial charge in [0.2, 0.25) is 0 Å². The SMILES string of the molecule is Cc1cc(F)cc(C(=O)N(CCC(N)=S)C(C)C)c1. The van der Waals surface area contributed by atoms with Gasteiger partial charge < -0.3 is 10.6 Å². The first kappa shape index (κ1) is 15.6. The lowest BCUT2D eigenvalue weighted by atomic mass is 10.1. The average molecular weight is 282 g/mol. The Bertz CT molecular complexity index is 468. The van der Waals surface area contributed by atoms with Gasteiger partial charge in [0.05, 0.1) is 4.99 Å². The van der Waals surface area contributed by atoms with Crippen LogP contribution in [0.15, 0.2) is 18.2 Å². The molecule has 1 aromatic carbocycles. The number of hydrogen-bond acceptors (Lipinski definition) is 2. The zero-order valence-electron chi connectivity index (χ0n) is 11.4. The van der Waals surface area contributed by atoms with Gasteiger partial charge in [-0.15, -0.1) is 0 Å². The Morgan fingerprint density at radius 3 is 2.53 bits per heavy atom. The standard InChI is InChI=1S/C14H19FN2OS/c1-9(2)17(5-4-13(16)19)14(18)11-6-10(3)7-12(15)8-11/h6-9H,4-5H2,1-3H3,(H2,16,19). The number of carbonyl (C=O) groups excluding carboxylic acids is 1. The van der Waals surface area contributed by atoms with Gasteiger partial charge in [-0.1, -0.05) is 12.2 Å². The fourth-order valence-corrected chi connectivity index (χ4v) is 1.94. The Morgan fingerprint density at radius 2 is 2.05 bits per heavy atom. The molecule has 0 aliphatic carbocycles. The number of nitrogens with zero attached hydrogens (tertiary/aromatic N) is 1. The summed E-state index contributed by atoms with van der Waals surface area (Å²) in [5.41, 5.74) is 6.54. The van der Waals surface area contributed by atoms with Crippen LogP contribution in [0.25, 0.3) is 0 Å². The molecule has 0 aromatic heterocycles. The third kappa shape index (κ3) is 4.59. The highest BCUT2D eigenvalue weighted by Crippen LogP contribution is 2.13. The van der Waals surface area contributed by atoms with E-state index in [1.807, 2.05) is 13.8 Å². The predicted octanol–water partition coefficient (Wildman–Crippen LogP) is 2.66. The van der Waals surface area contributed by atoms with Crippen molar-refractivity contribution in [3.8, 4) is 0 Å². The summed E-state index contributed by atoms with van der Waals surface area (Å²) in [4.78, 5) is 14.4. The topological polar surface area (TPSA) is 46.3 Å². The molecule has 0 atom stereocenters. The summed E-state index contributed by atoms with van der Waals surface area (Å²) in [6, 6.07) is 4.34. The molecule has 0 fully saturated rings. The van der Waals surface area contributed by atoms with Crippen molar-refractivity contribution in [2.24, 2.45) is 5.73 Å². The van der Waals surface area contributed by atoms with Crippen LogP contribution in [0.3, 0.4) is 0 Å². The second kappa shape index (κ2) is 6.61. The van der Waals surface area contributed by atoms with Crippen LogP contribution < -0.4 is 5.73 Å². The lowest BCUT2D eigenvalue weighted by molar-refractivity contribution is 0.0711. The molecule has 0 spiro atoms. The Hall–Kier alpha value is -1.49. The second-order valence-corrected chi connectivity index (χ2v) is 5.35. The number of hydrogen-bond donors (Lipinski definition) is 1. The molecule has 104 valence electrons. The number of aryl methyl sites for hydroxylation is 1. The van der Waals surface area contributed by atoms with Crippen molar-refractivity contribution >= 4 is 23.1 Å². The van der Waals surface area contributed by atoms with Crippen LogP contribution in [-0.4, -0.2) is 28.4 Å². The number of carbonyl (C=O) groups is 1. The van der Waals surface area contributed by atoms with Crippen molar-refractivity contribution in [3.63, 3.8) is 0 Å². The zero-order chi connectivity index (χ0) is 14.6. The highest BCUT2D eigenvalue weighted by Gasteiger charge is 2.19. The largest absolute Gasteiger partial charge is 0.393 e. The molecule has 0 bridgehead atoms. The first-order valence-corrected chi connectivity index (χ1v) is 6.58. The smallest absolute Gasteiger partial charge is 0.254 e. The molecule has 0 aliphatic rings. The number of nitrogens with two attached hydrogens (primary N) is 1. The third-order valence-electron chi connectivity index (χ3n) is 2.77. The van der Waals surface area contributed by atoms with Crippen LogP contribution >= 0.6 is 12.2 Å². The van der Waals surface area contributed by atoms with Crippen LogP contribution in [0.5, 0.6) is 0 Å². The highest BCUT2D eigenvalue weighted by molar-refractivity contribution is 7.80. The average Bonchev–Trinajstić information content (AvgIpc) is 2.26. The van der Waals surface area contributed by atoms with E-state index in [9.17, 15) is 9.18 Å². The fraction of sp³-hybridized carbons (Fsp3) is 0.429. The second-order valence-electron chi connectivity index (χ2n) is 4.83. The normalized spacial score (nSPS) is 10.6. The Balaban J connectivity index is 2.95. The monoisotopic (exact) mass is 282 g/mol. The first-order chi connectivity index (χ1) is 8.81. The number of benzene rings is 1. The van der Waals surface area contributed by atoms with E-state index >= 15 is 0 Å². The Labute approximate surface area is 118 Å². The molecule has 1 aromatic rings. The van der Waals surface area contributed by atoms with E-state index in [0.717, 1.165) is 5.56 Å². The summed E-state index contributed by atoms with van der Waals surface area (Å²) >= 11 is 4.83. The van der Waals surface area contributed by atoms with Crippen molar-refractivity contribution < 1.29 is 9.18 Å². The van der Waals surface area contributed by atoms with E-state index in [1.165, 1.54) is 12.1 Å². The van der Waals surface area contributed by atoms with E-state index in [1.54, 1.807) is 17.9 Å². The van der Waals surface area contributed by atoms with Crippen LogP contribution in [0.2, 0.25) is 0 Å². The van der Waals surface area contributed by atoms with E-state index in [0.29, 0.717) is 23.5 Å². The number of amides is 1. The maximum Gasteiger partial charge on any atom is 0.254 e. The molecule has 0 saturated carbocycles. The van der Waals surface area contributed by atoms with Gasteiger partial charge >= 0.3 is 0 Å². The molecule has 3 nitrogen and oxygen atoms in total. The number of thiocarbonyl (C=S) groups is 1. The van der Waals surface area contributed by atoms with Gasteiger partial charge in [-0.25, -0.2) is 4.39 Å². The molecular formula is C14H19FN2OS. The fourth-order valence-electron chi connectivity index (χ4n) is 1.85. The van der Waals surface area contributed by atoms with Crippen LogP contribution in [0, 0.1) is 12.7 Å². The van der Waals surface area contributed by atoms with Crippen molar-refractivity contribution in [1.82, 2.24) is 4.90 Å². The maximum absolute atomic E-state index is 13.4. The molecule has 0 heterocycles. The molecule has 2 N–H and O–H groups in total. The van der Waals surface area contributed by atoms with Gasteiger partial charge in [-0.05, 0) is 44.5 Å². The minimum Gasteiger partial charge on any atom is -0.393 e. The molecule has 0 unspecified atom stereocenters. The maximum atomic E-state index is 13.4. The molecule has 0 radical (unpaired) electrons. The highest BCUT2D eigenvalue weighted by atomic mass is 32.1. The number of rotatable bonds is 5. The zero-order valence-corrected chi connectivity index (χ0v) is 12.3. The molecule has 0 aliphatic heterocycles. The van der Waals surface area contributed by atoms with Crippen molar-refractivity contribution in [3.05, 3.63) is 35.1 Å². The minimum absolute atomic E-state index is 0.00502. The molecule has 5 heteroatoms. The van der Waals surface area contributed by atoms with Gasteiger partial charge in [0.15, 0.2) is 0 Å². The minimum atomic E-state index is -0.401. The van der Waals surface area contributed by atoms with Gasteiger partial charge in [0, 0.05) is 24.6 Å². The molecule has 19 heavy (non-hydrogen) atoms. The van der Waals surface area contributed by atoms with Gasteiger partial charge in [-0.2, -0.15) is 0 Å². The van der Waals surface area contributed by atoms with Crippen LogP contribution in [0.1, 0.15) is 36.2 Å². The van der Waals surface area contributed by atoms with E-state index in [2.05, 4.69) is 0 Å². The lowest BCUT2D eigenvalue weighted by Gasteiger charge is -2.27. The van der Waals surface area contributed by atoms with Gasteiger partial charge in [0.25, 0.3) is 5.91 Å². The quantitative estimate of drug-likeness (QED) is 0.845. The van der Waals surface area contributed by atoms with E-state index in [-0.39, 0.29) is 11.9 Å². The van der Waals surface area contributed by atoms with Crippen LogP contribution in [0.4, 0.5) is 4.39 Å². The van der Waals surface area contributed by atoms with Crippen molar-refractivity contribution in [2.75, 3.05) is 6.54 Å². The summed E-state index contributed by atoms with van der Waals surface area (Å²) in [5, 5.41) is 0. The molecular weight excluding hydrogens is 263 g/mol. The molecule has 1 rings (SSSR count). The molecule has 0 saturated heterocycles. The summed E-state index contributed by atoms with van der Waals surface area (Å²) < 4.78 is 13.4. The molecule has 1 amide bonds. The van der Waals surface area contributed by atoms with E-state index in [4.69, 9.17) is 18.0 Å². The van der Waals surface area contributed by atoms with Gasteiger partial charge in [-0.3, -0.25) is 4.79 Å². The third-order valence-corrected chi connectivity index (χ3v) is 2.98. The van der Waals surface area contributed by atoms with Crippen molar-refractivity contribution in [2.45, 2.75) is 33.2 Å². The van der Waals surface area contributed by atoms with Gasteiger partial charge in [0.1, 0.15) is 5.82 Å².